The first-order valence-corrected chi connectivity index (χ1v) is 8.06. The number of halogens is 1. The SMILES string of the molecule is CC(Oc1ccccc1Cl)C(=O)Nc1nc(C2CC2)cs1. The van der Waals surface area contributed by atoms with E-state index < -0.39 is 6.10 Å². The fraction of sp³-hybridized carbons (Fsp3) is 0.333. The van der Waals surface area contributed by atoms with Crippen LogP contribution < -0.4 is 10.1 Å². The summed E-state index contributed by atoms with van der Waals surface area (Å²) in [7, 11) is 0. The molecular formula is C15H15ClN2O2S. The Morgan fingerprint density at radius 3 is 2.95 bits per heavy atom. The maximum Gasteiger partial charge on any atom is 0.266 e. The van der Waals surface area contributed by atoms with E-state index in [0.717, 1.165) is 5.69 Å². The fourth-order valence-corrected chi connectivity index (χ4v) is 2.88. The lowest BCUT2D eigenvalue weighted by Crippen LogP contribution is -2.30. The summed E-state index contributed by atoms with van der Waals surface area (Å²) < 4.78 is 5.58. The van der Waals surface area contributed by atoms with Crippen LogP contribution in [0.1, 0.15) is 31.4 Å². The van der Waals surface area contributed by atoms with Crippen LogP contribution in [-0.4, -0.2) is 17.0 Å². The molecule has 1 amide bonds. The number of carbonyl (C=O) groups excluding carboxylic acids is 1. The highest BCUT2D eigenvalue weighted by atomic mass is 35.5. The number of hydrogen-bond donors (Lipinski definition) is 1. The molecule has 0 radical (unpaired) electrons. The van der Waals surface area contributed by atoms with E-state index in [2.05, 4.69) is 10.3 Å². The first-order chi connectivity index (χ1) is 10.1. The van der Waals surface area contributed by atoms with Gasteiger partial charge in [0.1, 0.15) is 5.75 Å². The first-order valence-electron chi connectivity index (χ1n) is 6.81. The van der Waals surface area contributed by atoms with E-state index in [1.165, 1.54) is 24.2 Å². The van der Waals surface area contributed by atoms with E-state index in [0.29, 0.717) is 21.8 Å². The standard InChI is InChI=1S/C15H15ClN2O2S/c1-9(20-13-5-3-2-4-11(13)16)14(19)18-15-17-12(8-21-15)10-6-7-10/h2-5,8-10H,6-7H2,1H3,(H,17,18,19). The molecule has 1 saturated carbocycles. The minimum atomic E-state index is -0.641. The van der Waals surface area contributed by atoms with Crippen molar-refractivity contribution in [3.05, 3.63) is 40.4 Å². The Morgan fingerprint density at radius 2 is 2.24 bits per heavy atom. The number of hydrogen-bond acceptors (Lipinski definition) is 4. The highest BCUT2D eigenvalue weighted by Crippen LogP contribution is 2.40. The molecule has 4 nitrogen and oxygen atoms in total. The number of amides is 1. The van der Waals surface area contributed by atoms with E-state index in [1.807, 2.05) is 17.5 Å². The van der Waals surface area contributed by atoms with Gasteiger partial charge >= 0.3 is 0 Å². The van der Waals surface area contributed by atoms with Gasteiger partial charge in [-0.15, -0.1) is 11.3 Å². The molecule has 1 heterocycles. The van der Waals surface area contributed by atoms with Crippen molar-refractivity contribution in [1.82, 2.24) is 4.98 Å². The van der Waals surface area contributed by atoms with Gasteiger partial charge in [-0.3, -0.25) is 10.1 Å². The van der Waals surface area contributed by atoms with Crippen molar-refractivity contribution in [1.29, 1.82) is 0 Å². The second-order valence-corrected chi connectivity index (χ2v) is 6.30. The number of thiazole rings is 1. The molecule has 3 rings (SSSR count). The maximum atomic E-state index is 12.1. The normalized spacial score (nSPS) is 15.5. The molecule has 1 fully saturated rings. The average molecular weight is 323 g/mol. The van der Waals surface area contributed by atoms with Crippen LogP contribution in [0.5, 0.6) is 5.75 Å². The summed E-state index contributed by atoms with van der Waals surface area (Å²) in [5.74, 6) is 0.856. The van der Waals surface area contributed by atoms with Crippen LogP contribution in [0.3, 0.4) is 0 Å². The Bertz CT molecular complexity index is 655. The lowest BCUT2D eigenvalue weighted by molar-refractivity contribution is -0.122. The Hall–Kier alpha value is -1.59. The van der Waals surface area contributed by atoms with Crippen LogP contribution >= 0.6 is 22.9 Å². The first kappa shape index (κ1) is 14.4. The number of ether oxygens (including phenoxy) is 1. The van der Waals surface area contributed by atoms with Gasteiger partial charge in [-0.1, -0.05) is 23.7 Å². The molecule has 1 aliphatic carbocycles. The van der Waals surface area contributed by atoms with Gasteiger partial charge in [-0.2, -0.15) is 0 Å². The molecular weight excluding hydrogens is 308 g/mol. The number of nitrogens with one attached hydrogen (secondary N) is 1. The Labute approximate surface area is 132 Å². The summed E-state index contributed by atoms with van der Waals surface area (Å²) in [6.07, 6.45) is 1.75. The molecule has 1 unspecified atom stereocenters. The summed E-state index contributed by atoms with van der Waals surface area (Å²) in [6.45, 7) is 1.69. The monoisotopic (exact) mass is 322 g/mol. The number of aromatic nitrogens is 1. The summed E-state index contributed by atoms with van der Waals surface area (Å²) in [5, 5.41) is 5.90. The minimum Gasteiger partial charge on any atom is -0.479 e. The molecule has 0 spiro atoms. The molecule has 1 aliphatic rings. The number of benzene rings is 1. The molecule has 0 bridgehead atoms. The molecule has 6 heteroatoms. The van der Waals surface area contributed by atoms with Gasteiger partial charge < -0.3 is 4.74 Å². The summed E-state index contributed by atoms with van der Waals surface area (Å²) in [4.78, 5) is 16.5. The summed E-state index contributed by atoms with van der Waals surface area (Å²) in [6, 6.07) is 7.09. The predicted octanol–water partition coefficient (Wildman–Crippen LogP) is 4.08. The van der Waals surface area contributed by atoms with Gasteiger partial charge in [-0.25, -0.2) is 4.98 Å². The van der Waals surface area contributed by atoms with Crippen molar-refractivity contribution in [2.24, 2.45) is 0 Å². The highest BCUT2D eigenvalue weighted by Gasteiger charge is 2.26. The van der Waals surface area contributed by atoms with Gasteiger partial charge in [0.25, 0.3) is 5.91 Å². The number of anilines is 1. The third-order valence-electron chi connectivity index (χ3n) is 3.26. The second kappa shape index (κ2) is 6.03. The second-order valence-electron chi connectivity index (χ2n) is 5.03. The van der Waals surface area contributed by atoms with Crippen LogP contribution in [-0.2, 0) is 4.79 Å². The zero-order valence-corrected chi connectivity index (χ0v) is 13.1. The van der Waals surface area contributed by atoms with Gasteiger partial charge in [0.15, 0.2) is 11.2 Å². The third kappa shape index (κ3) is 3.54. The van der Waals surface area contributed by atoms with Crippen molar-refractivity contribution in [2.45, 2.75) is 31.8 Å². The molecule has 1 atom stereocenters. The Kier molecular flexibility index (Phi) is 4.12. The zero-order chi connectivity index (χ0) is 14.8. The van der Waals surface area contributed by atoms with Crippen molar-refractivity contribution < 1.29 is 9.53 Å². The maximum absolute atomic E-state index is 12.1. The molecule has 2 aromatic rings. The van der Waals surface area contributed by atoms with Crippen molar-refractivity contribution in [2.75, 3.05) is 5.32 Å². The Balaban J connectivity index is 1.60. The van der Waals surface area contributed by atoms with Crippen molar-refractivity contribution in [3.63, 3.8) is 0 Å². The number of rotatable bonds is 5. The largest absolute Gasteiger partial charge is 0.479 e. The van der Waals surface area contributed by atoms with Gasteiger partial charge in [0.2, 0.25) is 0 Å². The van der Waals surface area contributed by atoms with E-state index in [9.17, 15) is 4.79 Å². The summed E-state index contributed by atoms with van der Waals surface area (Å²) >= 11 is 7.46. The third-order valence-corrected chi connectivity index (χ3v) is 4.35. The highest BCUT2D eigenvalue weighted by molar-refractivity contribution is 7.13. The van der Waals surface area contributed by atoms with Crippen LogP contribution in [0.25, 0.3) is 0 Å². The average Bonchev–Trinajstić information content (AvgIpc) is 3.22. The van der Waals surface area contributed by atoms with Gasteiger partial charge in [-0.05, 0) is 31.9 Å². The summed E-state index contributed by atoms with van der Waals surface area (Å²) in [5.41, 5.74) is 1.08. The molecule has 1 aromatic carbocycles. The van der Waals surface area contributed by atoms with E-state index in [4.69, 9.17) is 16.3 Å². The van der Waals surface area contributed by atoms with E-state index in [-0.39, 0.29) is 5.91 Å². The van der Waals surface area contributed by atoms with Gasteiger partial charge in [0.05, 0.1) is 10.7 Å². The predicted molar refractivity (Wildman–Crippen MR) is 84.3 cm³/mol. The van der Waals surface area contributed by atoms with Crippen LogP contribution in [0.4, 0.5) is 5.13 Å². The lowest BCUT2D eigenvalue weighted by atomic mass is 10.3. The van der Waals surface area contributed by atoms with E-state index >= 15 is 0 Å². The van der Waals surface area contributed by atoms with Gasteiger partial charge in [0, 0.05) is 11.3 Å². The smallest absolute Gasteiger partial charge is 0.266 e. The number of nitrogens with zero attached hydrogens (tertiary/aromatic N) is 1. The molecule has 1 N–H and O–H groups in total. The van der Waals surface area contributed by atoms with Crippen molar-refractivity contribution in [3.8, 4) is 5.75 Å². The molecule has 1 aromatic heterocycles. The molecule has 0 saturated heterocycles. The van der Waals surface area contributed by atoms with Crippen molar-refractivity contribution >= 4 is 34.0 Å². The Morgan fingerprint density at radius 1 is 1.48 bits per heavy atom. The topological polar surface area (TPSA) is 51.2 Å². The quantitative estimate of drug-likeness (QED) is 0.902. The minimum absolute atomic E-state index is 0.230. The number of carbonyl (C=O) groups is 1. The fourth-order valence-electron chi connectivity index (χ4n) is 1.90. The lowest BCUT2D eigenvalue weighted by Gasteiger charge is -2.14. The molecule has 21 heavy (non-hydrogen) atoms. The van der Waals surface area contributed by atoms with Crippen LogP contribution in [0, 0.1) is 0 Å². The number of para-hydroxylation sites is 1. The molecule has 0 aliphatic heterocycles. The zero-order valence-electron chi connectivity index (χ0n) is 11.5. The van der Waals surface area contributed by atoms with Crippen LogP contribution in [0.15, 0.2) is 29.6 Å². The molecule has 110 valence electrons. The van der Waals surface area contributed by atoms with E-state index in [1.54, 1.807) is 19.1 Å². The van der Waals surface area contributed by atoms with Crippen LogP contribution in [0.2, 0.25) is 5.02 Å².